The van der Waals surface area contributed by atoms with Crippen molar-refractivity contribution in [3.05, 3.63) is 0 Å². The van der Waals surface area contributed by atoms with Crippen LogP contribution in [0.3, 0.4) is 0 Å². The van der Waals surface area contributed by atoms with Crippen LogP contribution in [0.2, 0.25) is 12.1 Å². The minimum atomic E-state index is -4.71. The molecule has 0 radical (unpaired) electrons. The lowest BCUT2D eigenvalue weighted by Crippen LogP contribution is -2.45. The quantitative estimate of drug-likeness (QED) is 0.0704. The summed E-state index contributed by atoms with van der Waals surface area (Å²) in [7, 11) is 4.25. The van der Waals surface area contributed by atoms with Gasteiger partial charge in [0, 0.05) is 74.9 Å². The number of hydrogen-bond acceptors (Lipinski definition) is 11. The summed E-state index contributed by atoms with van der Waals surface area (Å²) in [5.41, 5.74) is 0. The van der Waals surface area contributed by atoms with Crippen LogP contribution in [0.15, 0.2) is 0 Å². The van der Waals surface area contributed by atoms with Crippen molar-refractivity contribution in [3.8, 4) is 0 Å². The molecule has 0 saturated heterocycles. The molecule has 0 rings (SSSR count). The van der Waals surface area contributed by atoms with E-state index in [1.807, 2.05) is 0 Å². The van der Waals surface area contributed by atoms with Gasteiger partial charge < -0.3 is 41.5 Å². The van der Waals surface area contributed by atoms with Crippen LogP contribution < -0.4 is 5.32 Å². The van der Waals surface area contributed by atoms with Gasteiger partial charge in [-0.25, -0.2) is 4.74 Å². The normalized spacial score (nSPS) is 13.2. The van der Waals surface area contributed by atoms with Gasteiger partial charge in [0.1, 0.15) is 13.2 Å². The number of nitrogens with zero attached hydrogens (tertiary/aromatic N) is 1. The van der Waals surface area contributed by atoms with Crippen molar-refractivity contribution in [1.82, 2.24) is 10.2 Å². The number of nitrogens with one attached hydrogen (secondary N) is 1. The molecular weight excluding hydrogens is 572 g/mol. The van der Waals surface area contributed by atoms with E-state index in [9.17, 15) is 22.4 Å². The molecule has 39 heavy (non-hydrogen) atoms. The Morgan fingerprint density at radius 2 is 1.21 bits per heavy atom. The number of rotatable bonds is 25. The molecule has 0 heterocycles. The van der Waals surface area contributed by atoms with Gasteiger partial charge in [0.05, 0.1) is 0 Å². The molecule has 0 aliphatic rings. The van der Waals surface area contributed by atoms with Crippen molar-refractivity contribution < 1.29 is 63.1 Å². The number of halogens is 4. The molecule has 18 heteroatoms. The van der Waals surface area contributed by atoms with E-state index in [4.69, 9.17) is 26.6 Å². The molecule has 0 fully saturated rings. The van der Waals surface area contributed by atoms with Crippen molar-refractivity contribution in [3.63, 3.8) is 0 Å². The maximum absolute atomic E-state index is 13.8. The van der Waals surface area contributed by atoms with E-state index in [1.54, 1.807) is 0 Å². The predicted octanol–water partition coefficient (Wildman–Crippen LogP) is 2.15. The van der Waals surface area contributed by atoms with Crippen LogP contribution in [-0.2, 0) is 45.6 Å². The minimum absolute atomic E-state index is 0.142. The fourth-order valence-corrected chi connectivity index (χ4v) is 6.97. The number of ether oxygens (including phenoxy) is 3. The van der Waals surface area contributed by atoms with Crippen molar-refractivity contribution in [2.24, 2.45) is 0 Å². The zero-order chi connectivity index (χ0) is 30.0. The minimum Gasteiger partial charge on any atom is -0.377 e. The van der Waals surface area contributed by atoms with Crippen molar-refractivity contribution in [2.75, 3.05) is 89.2 Å². The fraction of sp³-hybridized carbons (Fsp3) is 0.952. The maximum Gasteiger partial charge on any atom is 0.500 e. The second kappa shape index (κ2) is 19.4. The van der Waals surface area contributed by atoms with Gasteiger partial charge >= 0.3 is 30.0 Å². The van der Waals surface area contributed by atoms with Gasteiger partial charge in [-0.1, -0.05) is 0 Å². The third-order valence-electron chi connectivity index (χ3n) is 5.69. The molecule has 0 saturated carbocycles. The largest absolute Gasteiger partial charge is 0.500 e. The molecule has 1 N–H and O–H groups in total. The molecular formula is C21H44F4N2O10Si2. The first-order valence-electron chi connectivity index (χ1n) is 12.2. The zero-order valence-corrected chi connectivity index (χ0v) is 25.8. The van der Waals surface area contributed by atoms with E-state index >= 15 is 0 Å². The Balaban J connectivity index is 4.95. The number of carbonyl (C=O) groups excluding carboxylic acids is 1. The van der Waals surface area contributed by atoms with E-state index in [1.165, 1.54) is 47.6 Å². The average molecular weight is 617 g/mol. The second-order valence-electron chi connectivity index (χ2n) is 8.21. The van der Waals surface area contributed by atoms with E-state index in [0.29, 0.717) is 38.0 Å². The van der Waals surface area contributed by atoms with Crippen LogP contribution >= 0.6 is 0 Å². The van der Waals surface area contributed by atoms with E-state index < -0.39 is 49.1 Å². The van der Waals surface area contributed by atoms with Crippen LogP contribution in [-0.4, -0.2) is 130 Å². The topological polar surface area (TPSA) is 115 Å². The Kier molecular flexibility index (Phi) is 19.0. The molecule has 0 aliphatic carbocycles. The Labute approximate surface area is 230 Å². The highest BCUT2D eigenvalue weighted by atomic mass is 28.4. The van der Waals surface area contributed by atoms with Gasteiger partial charge in [0.25, 0.3) is 0 Å². The Morgan fingerprint density at radius 1 is 0.744 bits per heavy atom. The molecule has 0 spiro atoms. The van der Waals surface area contributed by atoms with Gasteiger partial charge in [-0.3, -0.25) is 9.53 Å². The molecule has 0 unspecified atom stereocenters. The van der Waals surface area contributed by atoms with Gasteiger partial charge in [-0.05, 0) is 32.4 Å². The summed E-state index contributed by atoms with van der Waals surface area (Å²) in [5, 5.41) is 3.22. The Hall–Kier alpha value is -0.776. The first-order valence-corrected chi connectivity index (χ1v) is 16.1. The highest BCUT2D eigenvalue weighted by Crippen LogP contribution is 2.28. The van der Waals surface area contributed by atoms with Crippen LogP contribution in [0.4, 0.5) is 17.6 Å². The summed E-state index contributed by atoms with van der Waals surface area (Å²) < 4.78 is 98.0. The molecule has 0 aromatic rings. The van der Waals surface area contributed by atoms with Gasteiger partial charge in [0.2, 0.25) is 5.91 Å². The van der Waals surface area contributed by atoms with Gasteiger partial charge in [0.15, 0.2) is 0 Å². The number of carbonyl (C=O) groups is 1. The number of alkyl halides is 4. The number of amides is 1. The van der Waals surface area contributed by atoms with Crippen LogP contribution in [0.25, 0.3) is 0 Å². The van der Waals surface area contributed by atoms with E-state index in [0.717, 1.165) is 13.5 Å². The van der Waals surface area contributed by atoms with Crippen LogP contribution in [0.1, 0.15) is 19.3 Å². The highest BCUT2D eigenvalue weighted by Gasteiger charge is 2.46. The summed E-state index contributed by atoms with van der Waals surface area (Å²) in [6, 6.07) is 0.960. The van der Waals surface area contributed by atoms with Crippen LogP contribution in [0, 0.1) is 0 Å². The third-order valence-corrected chi connectivity index (χ3v) is 11.4. The molecule has 0 aliphatic heterocycles. The molecule has 0 atom stereocenters. The Morgan fingerprint density at radius 3 is 1.69 bits per heavy atom. The maximum atomic E-state index is 13.8. The van der Waals surface area contributed by atoms with Gasteiger partial charge in [-0.15, -0.1) is 8.78 Å². The van der Waals surface area contributed by atoms with E-state index in [2.05, 4.69) is 19.5 Å². The highest BCUT2D eigenvalue weighted by molar-refractivity contribution is 6.60. The standard InChI is InChI=1S/C21H44F4N2O10Si2/c1-29-18-20(22,23)37-21(24,25)36-17-19(28)27(14-10-16-39(33-5,34-6)35-7)13-8-11-26-12-9-15-38(30-2,31-3)32-4/h26H,8-18H2,1-7H3. The molecule has 12 nitrogen and oxygen atoms in total. The van der Waals surface area contributed by atoms with E-state index in [-0.39, 0.29) is 13.1 Å². The number of methoxy groups -OCH3 is 1. The van der Waals surface area contributed by atoms with Crippen LogP contribution in [0.5, 0.6) is 0 Å². The summed E-state index contributed by atoms with van der Waals surface area (Å²) in [4.78, 5) is 14.0. The fourth-order valence-electron chi connectivity index (χ4n) is 3.55. The monoisotopic (exact) mass is 616 g/mol. The first kappa shape index (κ1) is 38.2. The molecule has 0 bridgehead atoms. The summed E-state index contributed by atoms with van der Waals surface area (Å²) in [6.45, 7) is -1.11. The molecule has 0 aromatic carbocycles. The summed E-state index contributed by atoms with van der Waals surface area (Å²) in [5.74, 6) is -0.830. The first-order chi connectivity index (χ1) is 18.3. The Bertz CT molecular complexity index is 650. The van der Waals surface area contributed by atoms with Crippen molar-refractivity contribution in [2.45, 2.75) is 43.8 Å². The van der Waals surface area contributed by atoms with Crippen molar-refractivity contribution in [1.29, 1.82) is 0 Å². The summed E-state index contributed by atoms with van der Waals surface area (Å²) in [6.07, 6.45) is -7.44. The molecule has 1 amide bonds. The lowest BCUT2D eigenvalue weighted by Gasteiger charge is -2.28. The molecule has 234 valence electrons. The lowest BCUT2D eigenvalue weighted by molar-refractivity contribution is -0.468. The third kappa shape index (κ3) is 15.1. The summed E-state index contributed by atoms with van der Waals surface area (Å²) >= 11 is 0. The average Bonchev–Trinajstić information content (AvgIpc) is 2.90. The zero-order valence-electron chi connectivity index (χ0n) is 23.8. The van der Waals surface area contributed by atoms with Gasteiger partial charge in [-0.2, -0.15) is 8.78 Å². The lowest BCUT2D eigenvalue weighted by atomic mass is 10.3. The van der Waals surface area contributed by atoms with Crippen molar-refractivity contribution >= 4 is 23.5 Å². The number of hydrogen-bond donors (Lipinski definition) is 1. The predicted molar refractivity (Wildman–Crippen MR) is 135 cm³/mol. The molecule has 0 aromatic heterocycles. The second-order valence-corrected chi connectivity index (χ2v) is 14.4. The SMILES string of the molecule is COCC(F)(F)OC(F)(F)OCC(=O)N(CCCNCCC[Si](OC)(OC)OC)CCC[Si](OC)(OC)OC. The smallest absolute Gasteiger partial charge is 0.377 e.